The fraction of sp³-hybridized carbons (Fsp3) is 0.474. The number of alkyl halides is 3. The number of halogens is 3. The van der Waals surface area contributed by atoms with Gasteiger partial charge in [0.25, 0.3) is 5.56 Å². The molecule has 0 spiro atoms. The van der Waals surface area contributed by atoms with E-state index in [4.69, 9.17) is 9.47 Å². The van der Waals surface area contributed by atoms with Gasteiger partial charge in [-0.2, -0.15) is 18.2 Å². The van der Waals surface area contributed by atoms with Gasteiger partial charge in [-0.15, -0.1) is 0 Å². The van der Waals surface area contributed by atoms with Gasteiger partial charge in [0.1, 0.15) is 17.6 Å². The van der Waals surface area contributed by atoms with Gasteiger partial charge in [0, 0.05) is 31.4 Å². The summed E-state index contributed by atoms with van der Waals surface area (Å²) in [5.41, 5.74) is -0.0665. The summed E-state index contributed by atoms with van der Waals surface area (Å²) in [6.07, 6.45) is -4.71. The number of rotatable bonds is 3. The van der Waals surface area contributed by atoms with Crippen LogP contribution >= 0.6 is 0 Å². The molecule has 3 heterocycles. The van der Waals surface area contributed by atoms with Crippen molar-refractivity contribution < 1.29 is 22.6 Å². The number of aromatic nitrogens is 2. The summed E-state index contributed by atoms with van der Waals surface area (Å²) in [6, 6.07) is 5.87. The van der Waals surface area contributed by atoms with Gasteiger partial charge < -0.3 is 14.4 Å². The lowest BCUT2D eigenvalue weighted by Gasteiger charge is -2.39. The SMILES string of the molecule is COc1ccc(N2c3nc(N4CCOCC4)cc(=O)n3CCC2C(F)(F)F)cc1. The third kappa shape index (κ3) is 3.76. The molecule has 1 atom stereocenters. The van der Waals surface area contributed by atoms with Crippen molar-refractivity contribution in [3.63, 3.8) is 0 Å². The maximum absolute atomic E-state index is 13.9. The van der Waals surface area contributed by atoms with Crippen LogP contribution in [0.15, 0.2) is 35.1 Å². The molecule has 0 amide bonds. The second kappa shape index (κ2) is 7.58. The second-order valence-corrected chi connectivity index (χ2v) is 6.92. The van der Waals surface area contributed by atoms with Crippen molar-refractivity contribution in [3.05, 3.63) is 40.7 Å². The van der Waals surface area contributed by atoms with Crippen molar-refractivity contribution in [2.24, 2.45) is 0 Å². The summed E-state index contributed by atoms with van der Waals surface area (Å²) >= 11 is 0. The molecule has 1 unspecified atom stereocenters. The Morgan fingerprint density at radius 3 is 2.45 bits per heavy atom. The Kier molecular flexibility index (Phi) is 5.12. The Bertz CT molecular complexity index is 924. The number of methoxy groups -OCH3 is 1. The monoisotopic (exact) mass is 410 g/mol. The van der Waals surface area contributed by atoms with Crippen LogP contribution in [0.4, 0.5) is 30.6 Å². The number of benzene rings is 1. The average molecular weight is 410 g/mol. The number of nitrogens with zero attached hydrogens (tertiary/aromatic N) is 4. The number of ether oxygens (including phenoxy) is 2. The molecule has 156 valence electrons. The molecular weight excluding hydrogens is 389 g/mol. The van der Waals surface area contributed by atoms with E-state index in [1.54, 1.807) is 24.3 Å². The van der Waals surface area contributed by atoms with Gasteiger partial charge in [-0.05, 0) is 30.7 Å². The number of hydrogen-bond donors (Lipinski definition) is 0. The maximum atomic E-state index is 13.9. The van der Waals surface area contributed by atoms with E-state index in [0.717, 1.165) is 4.90 Å². The highest BCUT2D eigenvalue weighted by Crippen LogP contribution is 2.39. The topological polar surface area (TPSA) is 59.8 Å². The number of anilines is 3. The summed E-state index contributed by atoms with van der Waals surface area (Å²) in [7, 11) is 1.49. The van der Waals surface area contributed by atoms with Gasteiger partial charge in [0.15, 0.2) is 0 Å². The van der Waals surface area contributed by atoms with E-state index in [0.29, 0.717) is 43.6 Å². The lowest BCUT2D eigenvalue weighted by molar-refractivity contribution is -0.150. The van der Waals surface area contributed by atoms with E-state index in [9.17, 15) is 18.0 Å². The van der Waals surface area contributed by atoms with Gasteiger partial charge in [-0.1, -0.05) is 0 Å². The minimum absolute atomic E-state index is 0.00210. The van der Waals surface area contributed by atoms with Crippen LogP contribution in [0.2, 0.25) is 0 Å². The normalized spacial score (nSPS) is 19.8. The van der Waals surface area contributed by atoms with Crippen LogP contribution in [-0.4, -0.2) is 55.2 Å². The predicted molar refractivity (Wildman–Crippen MR) is 101 cm³/mol. The lowest BCUT2D eigenvalue weighted by atomic mass is 10.1. The third-order valence-electron chi connectivity index (χ3n) is 5.19. The fourth-order valence-electron chi connectivity index (χ4n) is 3.70. The first-order chi connectivity index (χ1) is 13.9. The highest BCUT2D eigenvalue weighted by atomic mass is 19.4. The molecule has 0 aliphatic carbocycles. The highest BCUT2D eigenvalue weighted by molar-refractivity contribution is 5.62. The summed E-state index contributed by atoms with van der Waals surface area (Å²) in [5.74, 6) is 0.894. The van der Waals surface area contributed by atoms with Crippen LogP contribution in [0, 0.1) is 0 Å². The average Bonchev–Trinajstić information content (AvgIpc) is 2.73. The molecule has 1 saturated heterocycles. The van der Waals surface area contributed by atoms with Crippen LogP contribution < -0.4 is 20.1 Å². The smallest absolute Gasteiger partial charge is 0.409 e. The molecule has 4 rings (SSSR count). The Labute approximate surface area is 165 Å². The van der Waals surface area contributed by atoms with Gasteiger partial charge in [0.2, 0.25) is 5.95 Å². The molecule has 2 aliphatic rings. The molecule has 1 aromatic heterocycles. The first-order valence-corrected chi connectivity index (χ1v) is 9.33. The van der Waals surface area contributed by atoms with Crippen LogP contribution in [-0.2, 0) is 11.3 Å². The van der Waals surface area contributed by atoms with Crippen molar-refractivity contribution in [2.45, 2.75) is 25.2 Å². The summed E-state index contributed by atoms with van der Waals surface area (Å²) in [4.78, 5) is 20.1. The molecular formula is C19H21F3N4O3. The third-order valence-corrected chi connectivity index (χ3v) is 5.19. The van der Waals surface area contributed by atoms with Crippen LogP contribution in [0.25, 0.3) is 0 Å². The van der Waals surface area contributed by atoms with Crippen LogP contribution in [0.1, 0.15) is 6.42 Å². The van der Waals surface area contributed by atoms with Crippen molar-refractivity contribution in [2.75, 3.05) is 43.2 Å². The molecule has 2 aromatic rings. The standard InChI is InChI=1S/C19H21F3N4O3/c1-28-14-4-2-13(3-5-14)26-15(19(20,21)22)6-7-25-17(27)12-16(23-18(25)26)24-8-10-29-11-9-24/h2-5,12,15H,6-11H2,1H3. The zero-order valence-electron chi connectivity index (χ0n) is 15.9. The first kappa shape index (κ1) is 19.6. The molecule has 0 radical (unpaired) electrons. The zero-order chi connectivity index (χ0) is 20.6. The molecule has 1 fully saturated rings. The Morgan fingerprint density at radius 1 is 1.14 bits per heavy atom. The Hall–Kier alpha value is -2.75. The Balaban J connectivity index is 1.83. The summed E-state index contributed by atoms with van der Waals surface area (Å²) in [6.45, 7) is 1.98. The Morgan fingerprint density at radius 2 is 1.83 bits per heavy atom. The van der Waals surface area contributed by atoms with Gasteiger partial charge >= 0.3 is 6.18 Å². The molecule has 2 aliphatic heterocycles. The highest BCUT2D eigenvalue weighted by Gasteiger charge is 2.47. The fourth-order valence-corrected chi connectivity index (χ4v) is 3.70. The van der Waals surface area contributed by atoms with E-state index < -0.39 is 12.2 Å². The molecule has 0 saturated carbocycles. The quantitative estimate of drug-likeness (QED) is 0.775. The van der Waals surface area contributed by atoms with Gasteiger partial charge in [0.05, 0.1) is 20.3 Å². The molecule has 10 heteroatoms. The molecule has 1 aromatic carbocycles. The molecule has 7 nitrogen and oxygen atoms in total. The lowest BCUT2D eigenvalue weighted by Crippen LogP contribution is -2.50. The minimum atomic E-state index is -4.47. The number of morpholine rings is 1. The minimum Gasteiger partial charge on any atom is -0.497 e. The molecule has 0 N–H and O–H groups in total. The maximum Gasteiger partial charge on any atom is 0.409 e. The zero-order valence-corrected chi connectivity index (χ0v) is 15.9. The summed E-state index contributed by atoms with van der Waals surface area (Å²) < 4.78 is 53.3. The van der Waals surface area contributed by atoms with Crippen molar-refractivity contribution >= 4 is 17.5 Å². The first-order valence-electron chi connectivity index (χ1n) is 9.33. The van der Waals surface area contributed by atoms with E-state index in [1.807, 2.05) is 4.90 Å². The van der Waals surface area contributed by atoms with Crippen molar-refractivity contribution in [1.82, 2.24) is 9.55 Å². The van der Waals surface area contributed by atoms with Gasteiger partial charge in [-0.3, -0.25) is 14.3 Å². The van der Waals surface area contributed by atoms with E-state index in [1.165, 1.54) is 17.7 Å². The predicted octanol–water partition coefficient (Wildman–Crippen LogP) is 2.56. The van der Waals surface area contributed by atoms with Crippen molar-refractivity contribution in [3.8, 4) is 5.75 Å². The largest absolute Gasteiger partial charge is 0.497 e. The summed E-state index contributed by atoms with van der Waals surface area (Å²) in [5, 5.41) is 0. The number of fused-ring (bicyclic) bond motifs is 1. The van der Waals surface area contributed by atoms with Crippen LogP contribution in [0.5, 0.6) is 5.75 Å². The van der Waals surface area contributed by atoms with E-state index >= 15 is 0 Å². The molecule has 29 heavy (non-hydrogen) atoms. The van der Waals surface area contributed by atoms with E-state index in [-0.39, 0.29) is 24.5 Å². The van der Waals surface area contributed by atoms with E-state index in [2.05, 4.69) is 4.98 Å². The van der Waals surface area contributed by atoms with Crippen molar-refractivity contribution in [1.29, 1.82) is 0 Å². The van der Waals surface area contributed by atoms with Crippen LogP contribution in [0.3, 0.4) is 0 Å². The molecule has 0 bridgehead atoms. The second-order valence-electron chi connectivity index (χ2n) is 6.92. The number of hydrogen-bond acceptors (Lipinski definition) is 6. The van der Waals surface area contributed by atoms with Gasteiger partial charge in [-0.25, -0.2) is 0 Å².